The van der Waals surface area contributed by atoms with Crippen LogP contribution in [0, 0.1) is 6.92 Å². The maximum Gasteiger partial charge on any atom is 0.337 e. The molecular weight excluding hydrogens is 546 g/mol. The number of anilines is 1. The van der Waals surface area contributed by atoms with Gasteiger partial charge in [0.2, 0.25) is 5.95 Å². The summed E-state index contributed by atoms with van der Waals surface area (Å²) < 4.78 is 6.99. The number of nitrogens with zero attached hydrogens (tertiary/aromatic N) is 5. The zero-order chi connectivity index (χ0) is 28.8. The number of aryl methyl sites for hydroxylation is 1. The number of rotatable bonds is 6. The normalized spacial score (nSPS) is 17.4. The molecule has 1 aliphatic rings. The highest BCUT2D eigenvalue weighted by Crippen LogP contribution is 2.44. The van der Waals surface area contributed by atoms with E-state index in [2.05, 4.69) is 28.8 Å². The van der Waals surface area contributed by atoms with Gasteiger partial charge in [0.1, 0.15) is 10.7 Å². The Morgan fingerprint density at radius 2 is 1.90 bits per heavy atom. The summed E-state index contributed by atoms with van der Waals surface area (Å²) in [5, 5.41) is 11.6. The van der Waals surface area contributed by atoms with Crippen LogP contribution in [0.25, 0.3) is 32.0 Å². The number of piperazine rings is 1. The third-order valence-electron chi connectivity index (χ3n) is 6.97. The van der Waals surface area contributed by atoms with Crippen LogP contribution in [0.2, 0.25) is 5.02 Å². The standard InChI is InChI=1S/C30H34ClN5O3S/c1-17-15-22-26(24(19-7-9-20(31)10-8-19)23(17)25(28(37)38)39-30(3,4)5)40-27(33-22)21-11-12-32-29(34-21)36-14-13-35(6)16-18(36)2/h7-12,15,18,25H,13-14,16H2,1-6H3,(H,37,38)/t18-,25-/m0/s1. The fourth-order valence-electron chi connectivity index (χ4n) is 5.19. The molecule has 1 aliphatic heterocycles. The van der Waals surface area contributed by atoms with Crippen LogP contribution in [0.4, 0.5) is 5.95 Å². The quantitative estimate of drug-likeness (QED) is 0.278. The molecule has 5 rings (SSSR count). The molecule has 0 spiro atoms. The van der Waals surface area contributed by atoms with Crippen LogP contribution in [0.3, 0.4) is 0 Å². The molecule has 8 nitrogen and oxygen atoms in total. The first-order valence-corrected chi connectivity index (χ1v) is 14.5. The van der Waals surface area contributed by atoms with E-state index in [0.717, 1.165) is 57.2 Å². The molecule has 2 atom stereocenters. The van der Waals surface area contributed by atoms with Gasteiger partial charge >= 0.3 is 5.97 Å². The number of benzene rings is 2. The Morgan fingerprint density at radius 3 is 2.55 bits per heavy atom. The molecule has 1 fully saturated rings. The SMILES string of the molecule is Cc1cc2nc(-c3ccnc(N4CCN(C)C[C@@H]4C)n3)sc2c(-c2ccc(Cl)cc2)c1[C@H](OC(C)(C)C)C(=O)O. The summed E-state index contributed by atoms with van der Waals surface area (Å²) in [5.74, 6) is -0.351. The molecule has 2 aromatic heterocycles. The van der Waals surface area contributed by atoms with Crippen molar-refractivity contribution < 1.29 is 14.6 Å². The van der Waals surface area contributed by atoms with Crippen molar-refractivity contribution in [2.24, 2.45) is 0 Å². The lowest BCUT2D eigenvalue weighted by atomic mass is 9.91. The van der Waals surface area contributed by atoms with Crippen molar-refractivity contribution in [3.8, 4) is 21.8 Å². The van der Waals surface area contributed by atoms with Gasteiger partial charge in [-0.1, -0.05) is 23.7 Å². The van der Waals surface area contributed by atoms with Gasteiger partial charge in [-0.05, 0) is 77.1 Å². The largest absolute Gasteiger partial charge is 0.479 e. The molecule has 3 heterocycles. The highest BCUT2D eigenvalue weighted by atomic mass is 35.5. The van der Waals surface area contributed by atoms with E-state index in [-0.39, 0.29) is 0 Å². The van der Waals surface area contributed by atoms with E-state index in [9.17, 15) is 9.90 Å². The second kappa shape index (κ2) is 11.0. The van der Waals surface area contributed by atoms with Crippen molar-refractivity contribution >= 4 is 45.1 Å². The average Bonchev–Trinajstić information content (AvgIpc) is 3.30. The van der Waals surface area contributed by atoms with E-state index in [1.54, 1.807) is 6.20 Å². The molecule has 0 unspecified atom stereocenters. The predicted octanol–water partition coefficient (Wildman–Crippen LogP) is 6.46. The smallest absolute Gasteiger partial charge is 0.337 e. The monoisotopic (exact) mass is 579 g/mol. The number of thiazole rings is 1. The molecule has 210 valence electrons. The summed E-state index contributed by atoms with van der Waals surface area (Å²) in [4.78, 5) is 31.6. The molecule has 40 heavy (non-hydrogen) atoms. The predicted molar refractivity (Wildman–Crippen MR) is 161 cm³/mol. The molecule has 0 aliphatic carbocycles. The van der Waals surface area contributed by atoms with Gasteiger partial charge in [0, 0.05) is 48.0 Å². The lowest BCUT2D eigenvalue weighted by Gasteiger charge is -2.38. The number of likely N-dealkylation sites (N-methyl/N-ethyl adjacent to an activating group) is 1. The van der Waals surface area contributed by atoms with Crippen molar-refractivity contribution in [2.45, 2.75) is 52.4 Å². The van der Waals surface area contributed by atoms with Crippen molar-refractivity contribution in [2.75, 3.05) is 31.6 Å². The molecule has 0 saturated carbocycles. The van der Waals surface area contributed by atoms with E-state index in [0.29, 0.717) is 22.6 Å². The molecule has 1 N–H and O–H groups in total. The van der Waals surface area contributed by atoms with E-state index in [1.807, 2.05) is 64.1 Å². The number of carbonyl (C=O) groups is 1. The second-order valence-corrected chi connectivity index (χ2v) is 12.8. The lowest BCUT2D eigenvalue weighted by molar-refractivity contribution is -0.160. The Labute approximate surface area is 243 Å². The number of fused-ring (bicyclic) bond motifs is 1. The summed E-state index contributed by atoms with van der Waals surface area (Å²) in [6.45, 7) is 12.4. The van der Waals surface area contributed by atoms with Gasteiger partial charge < -0.3 is 19.6 Å². The van der Waals surface area contributed by atoms with Crippen LogP contribution in [-0.4, -0.2) is 69.3 Å². The van der Waals surface area contributed by atoms with Gasteiger partial charge in [-0.3, -0.25) is 0 Å². The molecule has 0 radical (unpaired) electrons. The average molecular weight is 580 g/mol. The number of carboxylic acid groups (broad SMARTS) is 1. The van der Waals surface area contributed by atoms with Crippen LogP contribution in [0.5, 0.6) is 0 Å². The molecule has 2 aromatic carbocycles. The highest BCUT2D eigenvalue weighted by molar-refractivity contribution is 7.22. The van der Waals surface area contributed by atoms with Gasteiger partial charge in [0.15, 0.2) is 6.10 Å². The number of aliphatic carboxylic acids is 1. The Kier molecular flexibility index (Phi) is 7.85. The van der Waals surface area contributed by atoms with Gasteiger partial charge in [-0.15, -0.1) is 11.3 Å². The zero-order valence-electron chi connectivity index (χ0n) is 23.6. The molecule has 1 saturated heterocycles. The van der Waals surface area contributed by atoms with Crippen molar-refractivity contribution in [1.29, 1.82) is 0 Å². The van der Waals surface area contributed by atoms with Crippen molar-refractivity contribution in [3.05, 3.63) is 58.7 Å². The summed E-state index contributed by atoms with van der Waals surface area (Å²) in [6.07, 6.45) is 0.619. The summed E-state index contributed by atoms with van der Waals surface area (Å²) in [5.41, 5.74) is 3.88. The molecular formula is C30H34ClN5O3S. The summed E-state index contributed by atoms with van der Waals surface area (Å²) >= 11 is 7.71. The van der Waals surface area contributed by atoms with Gasteiger partial charge in [0.05, 0.1) is 15.8 Å². The first-order chi connectivity index (χ1) is 18.9. The number of carboxylic acids is 1. The summed E-state index contributed by atoms with van der Waals surface area (Å²) in [7, 11) is 2.13. The highest BCUT2D eigenvalue weighted by Gasteiger charge is 2.32. The fourth-order valence-corrected chi connectivity index (χ4v) is 6.41. The number of hydrogen-bond donors (Lipinski definition) is 1. The minimum absolute atomic E-state index is 0.293. The van der Waals surface area contributed by atoms with E-state index in [1.165, 1.54) is 11.3 Å². The first-order valence-electron chi connectivity index (χ1n) is 13.3. The van der Waals surface area contributed by atoms with E-state index < -0.39 is 17.7 Å². The van der Waals surface area contributed by atoms with Crippen LogP contribution in [-0.2, 0) is 9.53 Å². The van der Waals surface area contributed by atoms with E-state index in [4.69, 9.17) is 26.3 Å². The Balaban J connectivity index is 1.68. The van der Waals surface area contributed by atoms with Crippen LogP contribution in [0.15, 0.2) is 42.6 Å². The van der Waals surface area contributed by atoms with Gasteiger partial charge in [-0.25, -0.2) is 19.7 Å². The number of ether oxygens (including phenoxy) is 1. The molecule has 10 heteroatoms. The van der Waals surface area contributed by atoms with Crippen molar-refractivity contribution in [3.63, 3.8) is 0 Å². The number of halogens is 1. The minimum Gasteiger partial charge on any atom is -0.479 e. The second-order valence-electron chi connectivity index (χ2n) is 11.4. The topological polar surface area (TPSA) is 91.7 Å². The number of aromatic nitrogens is 3. The maximum atomic E-state index is 12.6. The lowest BCUT2D eigenvalue weighted by Crippen LogP contribution is -2.51. The fraction of sp³-hybridized carbons (Fsp3) is 0.400. The van der Waals surface area contributed by atoms with E-state index >= 15 is 0 Å². The number of hydrogen-bond acceptors (Lipinski definition) is 8. The first kappa shape index (κ1) is 28.4. The van der Waals surface area contributed by atoms with Gasteiger partial charge in [-0.2, -0.15) is 0 Å². The Hall–Kier alpha value is -3.11. The third-order valence-corrected chi connectivity index (χ3v) is 8.33. The van der Waals surface area contributed by atoms with Crippen LogP contribution >= 0.6 is 22.9 Å². The maximum absolute atomic E-state index is 12.6. The Morgan fingerprint density at radius 1 is 1.18 bits per heavy atom. The summed E-state index contributed by atoms with van der Waals surface area (Å²) in [6, 6.07) is 11.6. The van der Waals surface area contributed by atoms with Crippen LogP contribution in [0.1, 0.15) is 44.9 Å². The molecule has 0 amide bonds. The van der Waals surface area contributed by atoms with Crippen LogP contribution < -0.4 is 4.90 Å². The van der Waals surface area contributed by atoms with Gasteiger partial charge in [0.25, 0.3) is 0 Å². The molecule has 0 bridgehead atoms. The third kappa shape index (κ3) is 5.83. The zero-order valence-corrected chi connectivity index (χ0v) is 25.2. The minimum atomic E-state index is -1.16. The van der Waals surface area contributed by atoms with Crippen molar-refractivity contribution in [1.82, 2.24) is 19.9 Å². The Bertz CT molecular complexity index is 1550. The molecule has 4 aromatic rings.